The average molecular weight is 559 g/mol. The third kappa shape index (κ3) is 10.8. The highest BCUT2D eigenvalue weighted by Crippen LogP contribution is 2.28. The number of rotatable bonds is 18. The van der Waals surface area contributed by atoms with Crippen LogP contribution in [0.3, 0.4) is 0 Å². The lowest BCUT2D eigenvalue weighted by molar-refractivity contribution is -0.241. The Morgan fingerprint density at radius 3 is 1.88 bits per heavy atom. The van der Waals surface area contributed by atoms with Gasteiger partial charge in [0.2, 0.25) is 0 Å². The summed E-state index contributed by atoms with van der Waals surface area (Å²) in [5.74, 6) is -0.775. The van der Waals surface area contributed by atoms with Crippen LogP contribution in [0.2, 0.25) is 0 Å². The molecule has 41 heavy (non-hydrogen) atoms. The van der Waals surface area contributed by atoms with Crippen molar-refractivity contribution < 1.29 is 24.1 Å². The number of benzene rings is 3. The molecular weight excluding hydrogens is 512 g/mol. The maximum Gasteiger partial charge on any atom is 0.373 e. The molecule has 0 N–H and O–H groups in total. The van der Waals surface area contributed by atoms with E-state index in [4.69, 9.17) is 14.5 Å². The first-order valence-electron chi connectivity index (χ1n) is 15.4. The Bertz CT molecular complexity index is 1180. The van der Waals surface area contributed by atoms with E-state index in [9.17, 15) is 9.59 Å². The van der Waals surface area contributed by atoms with Crippen LogP contribution in [0.4, 0.5) is 0 Å². The van der Waals surface area contributed by atoms with Crippen molar-refractivity contribution in [3.05, 3.63) is 83.9 Å². The fraction of sp³-hybridized carbons (Fsp3) is 0.444. The molecule has 3 rings (SSSR count). The predicted molar refractivity (Wildman–Crippen MR) is 166 cm³/mol. The number of hydrogen-bond donors (Lipinski definition) is 0. The molecule has 0 aliphatic carbocycles. The summed E-state index contributed by atoms with van der Waals surface area (Å²) in [6.07, 6.45) is 12.3. The smallest absolute Gasteiger partial charge is 0.373 e. The fourth-order valence-electron chi connectivity index (χ4n) is 4.80. The Hall–Kier alpha value is -3.44. The first-order chi connectivity index (χ1) is 20.0. The summed E-state index contributed by atoms with van der Waals surface area (Å²) in [5.41, 5.74) is 4.79. The van der Waals surface area contributed by atoms with Crippen molar-refractivity contribution in [2.24, 2.45) is 0 Å². The van der Waals surface area contributed by atoms with E-state index in [2.05, 4.69) is 13.8 Å². The van der Waals surface area contributed by atoms with Gasteiger partial charge in [-0.15, -0.1) is 0 Å². The van der Waals surface area contributed by atoms with Gasteiger partial charge in [-0.1, -0.05) is 120 Å². The lowest BCUT2D eigenvalue weighted by atomic mass is 9.96. The van der Waals surface area contributed by atoms with E-state index in [0.717, 1.165) is 47.9 Å². The van der Waals surface area contributed by atoms with Crippen LogP contribution < -0.4 is 0 Å². The Morgan fingerprint density at radius 1 is 0.634 bits per heavy atom. The SMILES string of the molecule is CCCCCCCCOOC(=O)c1ccc(-c2ccc(-c3ccccc3C(=O)OC(C)CCCCCC)cc2)cc1. The minimum Gasteiger partial charge on any atom is -0.459 e. The molecule has 0 bridgehead atoms. The van der Waals surface area contributed by atoms with Crippen LogP contribution in [0.1, 0.15) is 112 Å². The van der Waals surface area contributed by atoms with Crippen molar-refractivity contribution in [1.29, 1.82) is 0 Å². The molecule has 0 saturated carbocycles. The van der Waals surface area contributed by atoms with E-state index in [-0.39, 0.29) is 12.1 Å². The maximum atomic E-state index is 13.0. The molecule has 0 aliphatic rings. The zero-order valence-electron chi connectivity index (χ0n) is 25.0. The summed E-state index contributed by atoms with van der Waals surface area (Å²) in [4.78, 5) is 35.4. The fourth-order valence-corrected chi connectivity index (χ4v) is 4.80. The standard InChI is InChI=1S/C36H46O5/c1-4-6-8-10-11-15-27-39-41-35(37)32-25-21-30(22-26-32)29-19-23-31(24-20-29)33-17-13-14-18-34(33)36(38)40-28(3)16-12-9-7-5-2/h13-14,17-26,28H,4-12,15-16,27H2,1-3H3. The van der Waals surface area contributed by atoms with Crippen molar-refractivity contribution in [3.63, 3.8) is 0 Å². The van der Waals surface area contributed by atoms with Crippen LogP contribution in [0.15, 0.2) is 72.8 Å². The summed E-state index contributed by atoms with van der Waals surface area (Å²) >= 11 is 0. The number of carbonyl (C=O) groups is 2. The molecule has 0 fully saturated rings. The molecule has 0 spiro atoms. The van der Waals surface area contributed by atoms with Gasteiger partial charge in [-0.3, -0.25) is 4.89 Å². The van der Waals surface area contributed by atoms with Gasteiger partial charge in [0, 0.05) is 0 Å². The molecule has 0 amide bonds. The lowest BCUT2D eigenvalue weighted by Gasteiger charge is -2.15. The largest absolute Gasteiger partial charge is 0.459 e. The van der Waals surface area contributed by atoms with Gasteiger partial charge in [-0.2, -0.15) is 4.89 Å². The molecule has 0 radical (unpaired) electrons. The van der Waals surface area contributed by atoms with E-state index >= 15 is 0 Å². The summed E-state index contributed by atoms with van der Waals surface area (Å²) in [6, 6.07) is 22.9. The van der Waals surface area contributed by atoms with Crippen molar-refractivity contribution in [2.75, 3.05) is 6.61 Å². The molecule has 0 saturated heterocycles. The van der Waals surface area contributed by atoms with Gasteiger partial charge in [-0.05, 0) is 66.6 Å². The topological polar surface area (TPSA) is 61.8 Å². The highest BCUT2D eigenvalue weighted by atomic mass is 17.2. The molecule has 0 aromatic heterocycles. The average Bonchev–Trinajstić information content (AvgIpc) is 3.00. The second kappa shape index (κ2) is 18.1. The number of esters is 1. The quantitative estimate of drug-likeness (QED) is 0.0673. The van der Waals surface area contributed by atoms with Gasteiger partial charge in [-0.25, -0.2) is 9.59 Å². The summed E-state index contributed by atoms with van der Waals surface area (Å²) in [6.45, 7) is 6.78. The third-order valence-electron chi connectivity index (χ3n) is 7.29. The second-order valence-corrected chi connectivity index (χ2v) is 10.7. The van der Waals surface area contributed by atoms with E-state index in [0.29, 0.717) is 17.7 Å². The number of carbonyl (C=O) groups excluding carboxylic acids is 2. The molecular formula is C36H46O5. The Balaban J connectivity index is 1.54. The predicted octanol–water partition coefficient (Wildman–Crippen LogP) is 9.99. The highest BCUT2D eigenvalue weighted by molar-refractivity contribution is 5.97. The van der Waals surface area contributed by atoms with Crippen molar-refractivity contribution in [2.45, 2.75) is 97.5 Å². The van der Waals surface area contributed by atoms with Crippen LogP contribution in [0, 0.1) is 0 Å². The molecule has 5 heteroatoms. The van der Waals surface area contributed by atoms with Crippen LogP contribution in [-0.4, -0.2) is 24.6 Å². The zero-order valence-corrected chi connectivity index (χ0v) is 25.0. The van der Waals surface area contributed by atoms with E-state index < -0.39 is 5.97 Å². The number of hydrogen-bond acceptors (Lipinski definition) is 5. The molecule has 0 aliphatic heterocycles. The lowest BCUT2D eigenvalue weighted by Crippen LogP contribution is -2.15. The van der Waals surface area contributed by atoms with Crippen molar-refractivity contribution in [3.8, 4) is 22.3 Å². The van der Waals surface area contributed by atoms with Crippen molar-refractivity contribution >= 4 is 11.9 Å². The van der Waals surface area contributed by atoms with Gasteiger partial charge in [0.1, 0.15) is 0 Å². The molecule has 1 unspecified atom stereocenters. The van der Waals surface area contributed by atoms with Crippen LogP contribution in [0.5, 0.6) is 0 Å². The number of ether oxygens (including phenoxy) is 1. The van der Waals surface area contributed by atoms with Crippen molar-refractivity contribution in [1.82, 2.24) is 0 Å². The van der Waals surface area contributed by atoms with Gasteiger partial charge in [0.15, 0.2) is 0 Å². The van der Waals surface area contributed by atoms with Crippen LogP contribution in [-0.2, 0) is 14.5 Å². The van der Waals surface area contributed by atoms with Gasteiger partial charge >= 0.3 is 11.9 Å². The minimum absolute atomic E-state index is 0.109. The summed E-state index contributed by atoms with van der Waals surface area (Å²) in [7, 11) is 0. The first-order valence-corrected chi connectivity index (χ1v) is 15.4. The molecule has 3 aromatic carbocycles. The van der Waals surface area contributed by atoms with E-state index in [1.807, 2.05) is 67.6 Å². The van der Waals surface area contributed by atoms with E-state index in [1.165, 1.54) is 44.9 Å². The Labute approximate surface area is 246 Å². The van der Waals surface area contributed by atoms with Gasteiger partial charge in [0.05, 0.1) is 23.8 Å². The monoisotopic (exact) mass is 558 g/mol. The van der Waals surface area contributed by atoms with Gasteiger partial charge in [0.25, 0.3) is 0 Å². The molecule has 220 valence electrons. The highest BCUT2D eigenvalue weighted by Gasteiger charge is 2.17. The summed E-state index contributed by atoms with van der Waals surface area (Å²) in [5, 5.41) is 0. The molecule has 1 atom stereocenters. The second-order valence-electron chi connectivity index (χ2n) is 10.7. The molecule has 3 aromatic rings. The molecule has 0 heterocycles. The Kier molecular flexibility index (Phi) is 14.2. The maximum absolute atomic E-state index is 13.0. The summed E-state index contributed by atoms with van der Waals surface area (Å²) < 4.78 is 5.77. The zero-order chi connectivity index (χ0) is 29.3. The van der Waals surface area contributed by atoms with Crippen LogP contribution in [0.25, 0.3) is 22.3 Å². The normalized spacial score (nSPS) is 11.7. The van der Waals surface area contributed by atoms with E-state index in [1.54, 1.807) is 12.1 Å². The molecule has 5 nitrogen and oxygen atoms in total. The van der Waals surface area contributed by atoms with Crippen LogP contribution >= 0.6 is 0 Å². The third-order valence-corrected chi connectivity index (χ3v) is 7.29. The minimum atomic E-state index is -0.489. The number of unbranched alkanes of at least 4 members (excludes halogenated alkanes) is 8. The first kappa shape index (κ1) is 32.1. The Morgan fingerprint density at radius 2 is 1.20 bits per heavy atom. The van der Waals surface area contributed by atoms with Gasteiger partial charge < -0.3 is 4.74 Å².